The number of anilines is 1. The van der Waals surface area contributed by atoms with Crippen molar-refractivity contribution < 1.29 is 18.3 Å². The molecule has 0 spiro atoms. The minimum Gasteiger partial charge on any atom is -0.548 e. The fourth-order valence-electron chi connectivity index (χ4n) is 1.92. The van der Waals surface area contributed by atoms with Crippen molar-refractivity contribution in [1.82, 2.24) is 0 Å². The molecular formula is C13H12NO4S-. The second-order valence-corrected chi connectivity index (χ2v) is 6.05. The standard InChI is InChI=1S/C13H13NO4S/c1-19(17,18)14(9-13(15)16)12-8-4-6-10-5-2-3-7-11(10)12/h2-8H,9H2,1H3,(H,15,16)/p-1. The van der Waals surface area contributed by atoms with Gasteiger partial charge in [-0.2, -0.15) is 0 Å². The molecule has 0 fully saturated rings. The molecule has 0 amide bonds. The lowest BCUT2D eigenvalue weighted by atomic mass is 10.1. The van der Waals surface area contributed by atoms with Crippen molar-refractivity contribution in [3.05, 3.63) is 42.5 Å². The first-order valence-electron chi connectivity index (χ1n) is 5.55. The van der Waals surface area contributed by atoms with E-state index in [4.69, 9.17) is 0 Å². The van der Waals surface area contributed by atoms with Crippen LogP contribution in [0.25, 0.3) is 10.8 Å². The normalized spacial score (nSPS) is 11.4. The second kappa shape index (κ2) is 4.89. The fourth-order valence-corrected chi connectivity index (χ4v) is 2.78. The van der Waals surface area contributed by atoms with E-state index < -0.39 is 22.5 Å². The summed E-state index contributed by atoms with van der Waals surface area (Å²) in [6, 6.07) is 12.3. The number of carboxylic acid groups (broad SMARTS) is 1. The van der Waals surface area contributed by atoms with Crippen LogP contribution in [-0.4, -0.2) is 27.2 Å². The van der Waals surface area contributed by atoms with E-state index in [0.717, 1.165) is 15.9 Å². The molecule has 2 rings (SSSR count). The van der Waals surface area contributed by atoms with Crippen LogP contribution in [0.5, 0.6) is 0 Å². The van der Waals surface area contributed by atoms with Crippen LogP contribution < -0.4 is 9.41 Å². The van der Waals surface area contributed by atoms with Gasteiger partial charge in [-0.3, -0.25) is 4.31 Å². The predicted molar refractivity (Wildman–Crippen MR) is 71.1 cm³/mol. The zero-order valence-electron chi connectivity index (χ0n) is 10.2. The summed E-state index contributed by atoms with van der Waals surface area (Å²) in [5.41, 5.74) is 0.338. The Hall–Kier alpha value is -2.08. The number of fused-ring (bicyclic) bond motifs is 1. The first-order valence-corrected chi connectivity index (χ1v) is 7.40. The molecule has 19 heavy (non-hydrogen) atoms. The molecule has 0 aliphatic rings. The molecule has 0 saturated heterocycles. The highest BCUT2D eigenvalue weighted by atomic mass is 32.2. The van der Waals surface area contributed by atoms with Gasteiger partial charge in [-0.15, -0.1) is 0 Å². The molecular weight excluding hydrogens is 266 g/mol. The average molecular weight is 278 g/mol. The van der Waals surface area contributed by atoms with Gasteiger partial charge in [-0.1, -0.05) is 36.4 Å². The molecule has 100 valence electrons. The van der Waals surface area contributed by atoms with E-state index in [1.54, 1.807) is 24.3 Å². The van der Waals surface area contributed by atoms with Crippen molar-refractivity contribution in [3.63, 3.8) is 0 Å². The third-order valence-electron chi connectivity index (χ3n) is 2.71. The van der Waals surface area contributed by atoms with Crippen molar-refractivity contribution in [3.8, 4) is 0 Å². The van der Waals surface area contributed by atoms with Crippen LogP contribution >= 0.6 is 0 Å². The number of carbonyl (C=O) groups is 1. The van der Waals surface area contributed by atoms with Crippen LogP contribution in [0.1, 0.15) is 0 Å². The Balaban J connectivity index is 2.66. The lowest BCUT2D eigenvalue weighted by Crippen LogP contribution is -2.41. The van der Waals surface area contributed by atoms with Crippen LogP contribution in [0, 0.1) is 0 Å². The van der Waals surface area contributed by atoms with Crippen LogP contribution in [-0.2, 0) is 14.8 Å². The van der Waals surface area contributed by atoms with E-state index in [1.165, 1.54) is 0 Å². The summed E-state index contributed by atoms with van der Waals surface area (Å²) in [5, 5.41) is 12.3. The summed E-state index contributed by atoms with van der Waals surface area (Å²) >= 11 is 0. The zero-order chi connectivity index (χ0) is 14.0. The number of carboxylic acids is 1. The molecule has 0 saturated carbocycles. The first-order chi connectivity index (χ1) is 8.89. The van der Waals surface area contributed by atoms with Gasteiger partial charge in [-0.05, 0) is 11.5 Å². The monoisotopic (exact) mass is 278 g/mol. The third-order valence-corrected chi connectivity index (χ3v) is 3.83. The number of hydrogen-bond donors (Lipinski definition) is 0. The summed E-state index contributed by atoms with van der Waals surface area (Å²) < 4.78 is 24.3. The van der Waals surface area contributed by atoms with Gasteiger partial charge in [0.15, 0.2) is 0 Å². The average Bonchev–Trinajstić information content (AvgIpc) is 2.34. The molecule has 0 heterocycles. The molecule has 0 aromatic heterocycles. The summed E-state index contributed by atoms with van der Waals surface area (Å²) in [6.07, 6.45) is 0.970. The highest BCUT2D eigenvalue weighted by Crippen LogP contribution is 2.27. The molecule has 6 heteroatoms. The summed E-state index contributed by atoms with van der Waals surface area (Å²) in [6.45, 7) is -0.702. The van der Waals surface area contributed by atoms with E-state index in [0.29, 0.717) is 11.1 Å². The smallest absolute Gasteiger partial charge is 0.232 e. The zero-order valence-corrected chi connectivity index (χ0v) is 11.1. The summed E-state index contributed by atoms with van der Waals surface area (Å²) in [5.74, 6) is -1.45. The summed E-state index contributed by atoms with van der Waals surface area (Å²) in [4.78, 5) is 10.7. The molecule has 0 unspecified atom stereocenters. The number of hydrogen-bond acceptors (Lipinski definition) is 4. The quantitative estimate of drug-likeness (QED) is 0.809. The van der Waals surface area contributed by atoms with Crippen molar-refractivity contribution in [2.24, 2.45) is 0 Å². The van der Waals surface area contributed by atoms with Crippen molar-refractivity contribution in [2.45, 2.75) is 0 Å². The number of carbonyl (C=O) groups excluding carboxylic acids is 1. The van der Waals surface area contributed by atoms with Gasteiger partial charge in [0.1, 0.15) is 0 Å². The number of aliphatic carboxylic acids is 1. The number of sulfonamides is 1. The van der Waals surface area contributed by atoms with Crippen molar-refractivity contribution >= 4 is 32.5 Å². The SMILES string of the molecule is CS(=O)(=O)N(CC(=O)[O-])c1cccc2ccccc12. The van der Waals surface area contributed by atoms with Gasteiger partial charge in [0, 0.05) is 5.39 Å². The maximum absolute atomic E-state index is 11.7. The van der Waals surface area contributed by atoms with Crippen molar-refractivity contribution in [2.75, 3.05) is 17.1 Å². The maximum atomic E-state index is 11.7. The first kappa shape index (κ1) is 13.4. The molecule has 2 aromatic carbocycles. The van der Waals surface area contributed by atoms with Gasteiger partial charge in [0.25, 0.3) is 0 Å². The van der Waals surface area contributed by atoms with Crippen molar-refractivity contribution in [1.29, 1.82) is 0 Å². The minimum absolute atomic E-state index is 0.338. The highest BCUT2D eigenvalue weighted by Gasteiger charge is 2.19. The number of rotatable bonds is 4. The minimum atomic E-state index is -3.69. The van der Waals surface area contributed by atoms with Gasteiger partial charge >= 0.3 is 0 Å². The van der Waals surface area contributed by atoms with Crippen LogP contribution in [0.4, 0.5) is 5.69 Å². The van der Waals surface area contributed by atoms with Gasteiger partial charge in [-0.25, -0.2) is 8.42 Å². The Labute approximate surface area is 111 Å². The van der Waals surface area contributed by atoms with E-state index >= 15 is 0 Å². The second-order valence-electron chi connectivity index (χ2n) is 4.14. The van der Waals surface area contributed by atoms with Gasteiger partial charge in [0.05, 0.1) is 24.5 Å². The molecule has 5 nitrogen and oxygen atoms in total. The third kappa shape index (κ3) is 2.85. The van der Waals surface area contributed by atoms with Crippen LogP contribution in [0.15, 0.2) is 42.5 Å². The largest absolute Gasteiger partial charge is 0.548 e. The fraction of sp³-hybridized carbons (Fsp3) is 0.154. The lowest BCUT2D eigenvalue weighted by molar-refractivity contribution is -0.303. The molecule has 0 N–H and O–H groups in total. The number of nitrogens with zero attached hydrogens (tertiary/aromatic N) is 1. The maximum Gasteiger partial charge on any atom is 0.232 e. The van der Waals surface area contributed by atoms with E-state index in [1.807, 2.05) is 18.2 Å². The Morgan fingerprint density at radius 1 is 1.16 bits per heavy atom. The summed E-state index contributed by atoms with van der Waals surface area (Å²) in [7, 11) is -3.69. The van der Waals surface area contributed by atoms with Crippen LogP contribution in [0.3, 0.4) is 0 Å². The Morgan fingerprint density at radius 2 is 1.79 bits per heavy atom. The Bertz CT molecular complexity index is 719. The molecule has 0 bridgehead atoms. The Kier molecular flexibility index (Phi) is 3.44. The lowest BCUT2D eigenvalue weighted by Gasteiger charge is -2.24. The number of benzene rings is 2. The molecule has 0 radical (unpaired) electrons. The van der Waals surface area contributed by atoms with Gasteiger partial charge < -0.3 is 9.90 Å². The molecule has 0 aliphatic carbocycles. The topological polar surface area (TPSA) is 77.5 Å². The highest BCUT2D eigenvalue weighted by molar-refractivity contribution is 7.92. The molecule has 2 aromatic rings. The molecule has 0 atom stereocenters. The predicted octanol–water partition coefficient (Wildman–Crippen LogP) is 0.356. The van der Waals surface area contributed by atoms with E-state index in [2.05, 4.69) is 0 Å². The molecule has 0 aliphatic heterocycles. The van der Waals surface area contributed by atoms with Crippen LogP contribution in [0.2, 0.25) is 0 Å². The van der Waals surface area contributed by atoms with Gasteiger partial charge in [0.2, 0.25) is 10.0 Å². The van der Waals surface area contributed by atoms with E-state index in [9.17, 15) is 18.3 Å². The van der Waals surface area contributed by atoms with E-state index in [-0.39, 0.29) is 0 Å². The Morgan fingerprint density at radius 3 is 2.42 bits per heavy atom.